The van der Waals surface area contributed by atoms with Crippen LogP contribution in [-0.2, 0) is 23.0 Å². The quantitative estimate of drug-likeness (QED) is 0.830. The molecule has 0 saturated carbocycles. The van der Waals surface area contributed by atoms with Crippen LogP contribution < -0.4 is 10.5 Å². The van der Waals surface area contributed by atoms with Gasteiger partial charge >= 0.3 is 0 Å². The summed E-state index contributed by atoms with van der Waals surface area (Å²) in [5, 5.41) is 3.73. The number of nitrogens with one attached hydrogen (secondary N) is 1. The molecule has 2 aromatic rings. The minimum Gasteiger partial charge on any atom is -0.361 e. The van der Waals surface area contributed by atoms with Gasteiger partial charge in [-0.2, -0.15) is 0 Å². The molecule has 0 fully saturated rings. The second-order valence-corrected chi connectivity index (χ2v) is 7.17. The van der Waals surface area contributed by atoms with Gasteiger partial charge < -0.3 is 10.3 Å². The highest BCUT2D eigenvalue weighted by atomic mass is 32.2. The number of thiophene rings is 1. The van der Waals surface area contributed by atoms with Crippen LogP contribution in [0.1, 0.15) is 16.3 Å². The molecular formula is C11H15N3O3S2. The van der Waals surface area contributed by atoms with Crippen molar-refractivity contribution in [1.82, 2.24) is 9.88 Å². The maximum Gasteiger partial charge on any atom is 0.250 e. The van der Waals surface area contributed by atoms with Crippen molar-refractivity contribution in [1.29, 1.82) is 0 Å². The van der Waals surface area contributed by atoms with E-state index in [1.807, 2.05) is 0 Å². The number of hydrogen-bond donors (Lipinski definition) is 2. The van der Waals surface area contributed by atoms with Gasteiger partial charge in [-0.3, -0.25) is 0 Å². The molecule has 0 radical (unpaired) electrons. The van der Waals surface area contributed by atoms with E-state index in [1.165, 1.54) is 11.3 Å². The molecule has 2 aromatic heterocycles. The molecule has 0 aliphatic rings. The van der Waals surface area contributed by atoms with Crippen LogP contribution in [-0.4, -0.2) is 20.1 Å². The van der Waals surface area contributed by atoms with E-state index in [2.05, 4.69) is 9.88 Å². The number of sulfonamides is 1. The number of nitrogens with zero attached hydrogens (tertiary/aromatic N) is 1. The minimum absolute atomic E-state index is 0.115. The molecule has 0 saturated heterocycles. The van der Waals surface area contributed by atoms with E-state index in [0.717, 1.165) is 4.88 Å². The normalized spacial score (nSPS) is 11.9. The molecule has 0 bridgehead atoms. The molecule has 0 spiro atoms. The molecule has 0 aliphatic heterocycles. The summed E-state index contributed by atoms with van der Waals surface area (Å²) < 4.78 is 31.7. The second kappa shape index (κ2) is 5.83. The van der Waals surface area contributed by atoms with Crippen molar-refractivity contribution in [3.8, 4) is 0 Å². The van der Waals surface area contributed by atoms with Crippen LogP contribution in [0.4, 0.5) is 0 Å². The van der Waals surface area contributed by atoms with Gasteiger partial charge in [0.25, 0.3) is 0 Å². The van der Waals surface area contributed by atoms with E-state index < -0.39 is 10.0 Å². The first-order valence-corrected chi connectivity index (χ1v) is 8.02. The average Bonchev–Trinajstić information content (AvgIpc) is 2.97. The Labute approximate surface area is 115 Å². The van der Waals surface area contributed by atoms with Crippen LogP contribution in [0.15, 0.2) is 26.9 Å². The van der Waals surface area contributed by atoms with Crippen molar-refractivity contribution >= 4 is 21.4 Å². The van der Waals surface area contributed by atoms with Gasteiger partial charge in [0.05, 0.1) is 12.2 Å². The Bertz CT molecular complexity index is 646. The van der Waals surface area contributed by atoms with E-state index in [0.29, 0.717) is 24.4 Å². The molecule has 0 aromatic carbocycles. The molecule has 0 unspecified atom stereocenters. The summed E-state index contributed by atoms with van der Waals surface area (Å²) in [6, 6.07) is 5.06. The molecule has 0 amide bonds. The van der Waals surface area contributed by atoms with Gasteiger partial charge in [0, 0.05) is 10.9 Å². The van der Waals surface area contributed by atoms with E-state index in [9.17, 15) is 8.42 Å². The van der Waals surface area contributed by atoms with Crippen molar-refractivity contribution in [2.75, 3.05) is 6.54 Å². The molecule has 0 atom stereocenters. The Balaban J connectivity index is 2.04. The predicted octanol–water partition coefficient (Wildman–Crippen LogP) is 1.02. The maximum atomic E-state index is 12.0. The zero-order chi connectivity index (χ0) is 13.9. The summed E-state index contributed by atoms with van der Waals surface area (Å²) in [7, 11) is -3.50. The Morgan fingerprint density at radius 3 is 2.89 bits per heavy atom. The van der Waals surface area contributed by atoms with Gasteiger partial charge in [-0.15, -0.1) is 11.3 Å². The number of rotatable bonds is 6. The fourth-order valence-corrected chi connectivity index (χ4v) is 3.94. The van der Waals surface area contributed by atoms with Gasteiger partial charge in [0.15, 0.2) is 0 Å². The topological polar surface area (TPSA) is 98.2 Å². The van der Waals surface area contributed by atoms with Gasteiger partial charge in [-0.05, 0) is 32.0 Å². The van der Waals surface area contributed by atoms with Crippen molar-refractivity contribution in [2.45, 2.75) is 24.1 Å². The summed E-state index contributed by atoms with van der Waals surface area (Å²) in [6.07, 6.45) is 0.683. The van der Waals surface area contributed by atoms with Crippen molar-refractivity contribution in [3.05, 3.63) is 34.5 Å². The van der Waals surface area contributed by atoms with Crippen LogP contribution in [0.2, 0.25) is 0 Å². The molecule has 104 valence electrons. The van der Waals surface area contributed by atoms with E-state index in [4.69, 9.17) is 10.3 Å². The molecule has 19 heavy (non-hydrogen) atoms. The van der Waals surface area contributed by atoms with E-state index >= 15 is 0 Å². The lowest BCUT2D eigenvalue weighted by Gasteiger charge is -2.01. The van der Waals surface area contributed by atoms with E-state index in [1.54, 1.807) is 25.1 Å². The highest BCUT2D eigenvalue weighted by molar-refractivity contribution is 7.91. The minimum atomic E-state index is -3.50. The number of nitrogens with two attached hydrogens (primary N) is 1. The first kappa shape index (κ1) is 14.2. The smallest absolute Gasteiger partial charge is 0.250 e. The van der Waals surface area contributed by atoms with Gasteiger partial charge in [0.1, 0.15) is 9.97 Å². The largest absolute Gasteiger partial charge is 0.361 e. The summed E-state index contributed by atoms with van der Waals surface area (Å²) in [5.41, 5.74) is 5.99. The third-order valence-corrected chi connectivity index (χ3v) is 5.45. The summed E-state index contributed by atoms with van der Waals surface area (Å²) in [5.74, 6) is 0.649. The zero-order valence-electron chi connectivity index (χ0n) is 10.4. The fraction of sp³-hybridized carbons (Fsp3) is 0.364. The van der Waals surface area contributed by atoms with Crippen molar-refractivity contribution < 1.29 is 12.9 Å². The molecule has 0 aliphatic carbocycles. The lowest BCUT2D eigenvalue weighted by atomic mass is 10.3. The number of aryl methyl sites for hydroxylation is 1. The SMILES string of the molecule is Cc1cc(CNS(=O)(=O)c2ccc(CCN)s2)no1. The Hall–Kier alpha value is -1.22. The monoisotopic (exact) mass is 301 g/mol. The van der Waals surface area contributed by atoms with Crippen LogP contribution in [0.25, 0.3) is 0 Å². The molecule has 6 nitrogen and oxygen atoms in total. The van der Waals surface area contributed by atoms with E-state index in [-0.39, 0.29) is 10.8 Å². The zero-order valence-corrected chi connectivity index (χ0v) is 12.1. The lowest BCUT2D eigenvalue weighted by molar-refractivity contribution is 0.390. The second-order valence-electron chi connectivity index (χ2n) is 4.01. The number of aromatic nitrogens is 1. The Morgan fingerprint density at radius 1 is 1.47 bits per heavy atom. The van der Waals surface area contributed by atoms with Gasteiger partial charge in [-0.1, -0.05) is 5.16 Å². The first-order chi connectivity index (χ1) is 9.01. The summed E-state index contributed by atoms with van der Waals surface area (Å²) in [6.45, 7) is 2.37. The molecule has 3 N–H and O–H groups in total. The molecular weight excluding hydrogens is 286 g/mol. The van der Waals surface area contributed by atoms with Crippen LogP contribution in [0.3, 0.4) is 0 Å². The average molecular weight is 301 g/mol. The van der Waals surface area contributed by atoms with Gasteiger partial charge in [-0.25, -0.2) is 13.1 Å². The molecule has 2 rings (SSSR count). The lowest BCUT2D eigenvalue weighted by Crippen LogP contribution is -2.22. The molecule has 8 heteroatoms. The third kappa shape index (κ3) is 3.63. The Morgan fingerprint density at radius 2 is 2.26 bits per heavy atom. The maximum absolute atomic E-state index is 12.0. The first-order valence-electron chi connectivity index (χ1n) is 5.72. The fourth-order valence-electron chi connectivity index (χ4n) is 1.52. The van der Waals surface area contributed by atoms with Crippen LogP contribution >= 0.6 is 11.3 Å². The van der Waals surface area contributed by atoms with Crippen molar-refractivity contribution in [3.63, 3.8) is 0 Å². The van der Waals surface area contributed by atoms with Crippen molar-refractivity contribution in [2.24, 2.45) is 5.73 Å². The number of hydrogen-bond acceptors (Lipinski definition) is 6. The van der Waals surface area contributed by atoms with Gasteiger partial charge in [0.2, 0.25) is 10.0 Å². The highest BCUT2D eigenvalue weighted by Crippen LogP contribution is 2.21. The summed E-state index contributed by atoms with van der Waals surface area (Å²) in [4.78, 5) is 0.958. The third-order valence-electron chi connectivity index (χ3n) is 2.41. The Kier molecular flexibility index (Phi) is 4.35. The van der Waals surface area contributed by atoms with Crippen LogP contribution in [0, 0.1) is 6.92 Å². The predicted molar refractivity (Wildman–Crippen MR) is 72.3 cm³/mol. The molecule has 2 heterocycles. The van der Waals surface area contributed by atoms with Crippen LogP contribution in [0.5, 0.6) is 0 Å². The summed E-state index contributed by atoms with van der Waals surface area (Å²) >= 11 is 1.23. The standard InChI is InChI=1S/C11H15N3O3S2/c1-8-6-9(14-17-8)7-13-19(15,16)11-3-2-10(18-11)4-5-12/h2-3,6,13H,4-5,7,12H2,1H3. The highest BCUT2D eigenvalue weighted by Gasteiger charge is 2.17.